The minimum absolute atomic E-state index is 0.376. The van der Waals surface area contributed by atoms with Crippen molar-refractivity contribution in [1.29, 1.82) is 0 Å². The topological polar surface area (TPSA) is 36.1 Å². The van der Waals surface area contributed by atoms with Crippen LogP contribution in [0.2, 0.25) is 5.02 Å². The zero-order valence-electron chi connectivity index (χ0n) is 10.5. The van der Waals surface area contributed by atoms with E-state index in [1.165, 1.54) is 6.42 Å². The molecule has 0 amide bonds. The lowest BCUT2D eigenvalue weighted by Crippen LogP contribution is -2.50. The SMILES string of the molecule is Clc1ccc2c(c1)C(Cl)(NC1CCCNC1)C=CN2. The van der Waals surface area contributed by atoms with E-state index in [0.717, 1.165) is 30.8 Å². The molecule has 5 heteroatoms. The van der Waals surface area contributed by atoms with Gasteiger partial charge in [-0.3, -0.25) is 5.32 Å². The second-order valence-electron chi connectivity index (χ2n) is 5.07. The van der Waals surface area contributed by atoms with E-state index in [9.17, 15) is 0 Å². The normalized spacial score (nSPS) is 29.7. The highest BCUT2D eigenvalue weighted by Gasteiger charge is 2.34. The van der Waals surface area contributed by atoms with E-state index in [1.807, 2.05) is 30.5 Å². The van der Waals surface area contributed by atoms with E-state index in [2.05, 4.69) is 16.0 Å². The molecule has 0 bridgehead atoms. The van der Waals surface area contributed by atoms with Gasteiger partial charge in [0.2, 0.25) is 0 Å². The molecular formula is C14H17Cl2N3. The number of anilines is 1. The van der Waals surface area contributed by atoms with Crippen LogP contribution in [0.15, 0.2) is 30.5 Å². The summed E-state index contributed by atoms with van der Waals surface area (Å²) in [4.78, 5) is -0.685. The Bertz CT molecular complexity index is 497. The molecule has 3 N–H and O–H groups in total. The molecule has 1 aromatic rings. The van der Waals surface area contributed by atoms with Crippen molar-refractivity contribution in [3.05, 3.63) is 41.1 Å². The van der Waals surface area contributed by atoms with Gasteiger partial charge in [0.15, 0.2) is 0 Å². The number of fused-ring (bicyclic) bond motifs is 1. The Kier molecular flexibility index (Phi) is 3.72. The molecular weight excluding hydrogens is 281 g/mol. The van der Waals surface area contributed by atoms with Gasteiger partial charge in [-0.2, -0.15) is 0 Å². The number of nitrogens with one attached hydrogen (secondary N) is 3. The average Bonchev–Trinajstić information content (AvgIpc) is 2.41. The van der Waals surface area contributed by atoms with Gasteiger partial charge >= 0.3 is 0 Å². The molecule has 0 aliphatic carbocycles. The summed E-state index contributed by atoms with van der Waals surface area (Å²) in [6.45, 7) is 2.04. The lowest BCUT2D eigenvalue weighted by molar-refractivity contribution is 0.356. The molecule has 1 fully saturated rings. The Labute approximate surface area is 123 Å². The highest BCUT2D eigenvalue weighted by molar-refractivity contribution is 6.31. The van der Waals surface area contributed by atoms with Gasteiger partial charge in [0.1, 0.15) is 5.00 Å². The van der Waals surface area contributed by atoms with Crippen LogP contribution in [-0.4, -0.2) is 19.1 Å². The Morgan fingerprint density at radius 2 is 2.26 bits per heavy atom. The molecule has 3 rings (SSSR count). The molecule has 1 aromatic carbocycles. The highest BCUT2D eigenvalue weighted by atomic mass is 35.5. The van der Waals surface area contributed by atoms with Gasteiger partial charge in [-0.25, -0.2) is 0 Å². The van der Waals surface area contributed by atoms with Gasteiger partial charge < -0.3 is 10.6 Å². The van der Waals surface area contributed by atoms with E-state index in [1.54, 1.807) is 0 Å². The van der Waals surface area contributed by atoms with E-state index >= 15 is 0 Å². The molecule has 2 aliphatic rings. The number of hydrogen-bond acceptors (Lipinski definition) is 3. The maximum atomic E-state index is 6.79. The third-order valence-electron chi connectivity index (χ3n) is 3.64. The Hall–Kier alpha value is -0.740. The van der Waals surface area contributed by atoms with Crippen molar-refractivity contribution in [2.24, 2.45) is 0 Å². The van der Waals surface area contributed by atoms with Gasteiger partial charge in [-0.15, -0.1) is 0 Å². The van der Waals surface area contributed by atoms with Crippen molar-refractivity contribution in [3.63, 3.8) is 0 Å². The van der Waals surface area contributed by atoms with E-state index in [-0.39, 0.29) is 0 Å². The smallest absolute Gasteiger partial charge is 0.142 e. The summed E-state index contributed by atoms with van der Waals surface area (Å²) in [6, 6.07) is 6.12. The lowest BCUT2D eigenvalue weighted by Gasteiger charge is -2.36. The number of piperidine rings is 1. The van der Waals surface area contributed by atoms with Gasteiger partial charge in [-0.05, 0) is 43.7 Å². The summed E-state index contributed by atoms with van der Waals surface area (Å²) >= 11 is 12.9. The largest absolute Gasteiger partial charge is 0.362 e. The summed E-state index contributed by atoms with van der Waals surface area (Å²) in [5.74, 6) is 0. The quantitative estimate of drug-likeness (QED) is 0.580. The van der Waals surface area contributed by atoms with Crippen LogP contribution in [0, 0.1) is 0 Å². The zero-order chi connectivity index (χ0) is 13.3. The van der Waals surface area contributed by atoms with E-state index in [0.29, 0.717) is 11.1 Å². The maximum Gasteiger partial charge on any atom is 0.142 e. The van der Waals surface area contributed by atoms with Crippen molar-refractivity contribution in [3.8, 4) is 0 Å². The van der Waals surface area contributed by atoms with Crippen molar-refractivity contribution < 1.29 is 0 Å². The third kappa shape index (κ3) is 2.75. The molecule has 102 valence electrons. The number of hydrogen-bond donors (Lipinski definition) is 3. The first-order valence-corrected chi connectivity index (χ1v) is 7.34. The van der Waals surface area contributed by atoms with Crippen LogP contribution < -0.4 is 16.0 Å². The molecule has 3 nitrogen and oxygen atoms in total. The summed E-state index contributed by atoms with van der Waals surface area (Å²) in [5.41, 5.74) is 1.98. The first-order valence-electron chi connectivity index (χ1n) is 6.59. The molecule has 0 saturated carbocycles. The number of alkyl halides is 1. The van der Waals surface area contributed by atoms with E-state index in [4.69, 9.17) is 23.2 Å². The van der Waals surface area contributed by atoms with Gasteiger partial charge in [-0.1, -0.05) is 23.2 Å². The van der Waals surface area contributed by atoms with Crippen LogP contribution in [0.1, 0.15) is 18.4 Å². The number of halogens is 2. The minimum Gasteiger partial charge on any atom is -0.362 e. The van der Waals surface area contributed by atoms with Crippen LogP contribution >= 0.6 is 23.2 Å². The van der Waals surface area contributed by atoms with Crippen molar-refractivity contribution in [1.82, 2.24) is 10.6 Å². The predicted molar refractivity (Wildman–Crippen MR) is 80.8 cm³/mol. The van der Waals surface area contributed by atoms with Crippen molar-refractivity contribution in [2.75, 3.05) is 18.4 Å². The number of rotatable bonds is 2. The summed E-state index contributed by atoms with van der Waals surface area (Å²) in [7, 11) is 0. The molecule has 1 saturated heterocycles. The first kappa shape index (κ1) is 13.3. The Morgan fingerprint density at radius 1 is 1.37 bits per heavy atom. The fourth-order valence-electron chi connectivity index (χ4n) is 2.68. The fourth-order valence-corrected chi connectivity index (χ4v) is 3.22. The van der Waals surface area contributed by atoms with Crippen LogP contribution in [0.25, 0.3) is 0 Å². The molecule has 0 spiro atoms. The van der Waals surface area contributed by atoms with Crippen LogP contribution in [-0.2, 0) is 5.00 Å². The Morgan fingerprint density at radius 3 is 3.05 bits per heavy atom. The summed E-state index contributed by atoms with van der Waals surface area (Å²) < 4.78 is 0. The van der Waals surface area contributed by atoms with Crippen molar-refractivity contribution in [2.45, 2.75) is 23.9 Å². The maximum absolute atomic E-state index is 6.79. The highest BCUT2D eigenvalue weighted by Crippen LogP contribution is 2.38. The van der Waals surface area contributed by atoms with Crippen LogP contribution in [0.4, 0.5) is 5.69 Å². The summed E-state index contributed by atoms with van der Waals surface area (Å²) in [5, 5.41) is 10.8. The van der Waals surface area contributed by atoms with Crippen LogP contribution in [0.3, 0.4) is 0 Å². The van der Waals surface area contributed by atoms with E-state index < -0.39 is 5.00 Å². The molecule has 19 heavy (non-hydrogen) atoms. The Balaban J connectivity index is 1.88. The molecule has 2 unspecified atom stereocenters. The third-order valence-corrected chi connectivity index (χ3v) is 4.31. The zero-order valence-corrected chi connectivity index (χ0v) is 12.1. The minimum atomic E-state index is -0.685. The predicted octanol–water partition coefficient (Wildman–Crippen LogP) is 3.01. The fraction of sp³-hybridized carbons (Fsp3) is 0.429. The molecule has 0 aromatic heterocycles. The second-order valence-corrected chi connectivity index (χ2v) is 6.10. The van der Waals surface area contributed by atoms with Gasteiger partial charge in [0.05, 0.1) is 0 Å². The molecule has 2 aliphatic heterocycles. The molecule has 2 heterocycles. The molecule has 2 atom stereocenters. The first-order chi connectivity index (χ1) is 9.17. The molecule has 0 radical (unpaired) electrons. The monoisotopic (exact) mass is 297 g/mol. The van der Waals surface area contributed by atoms with Crippen molar-refractivity contribution >= 4 is 28.9 Å². The van der Waals surface area contributed by atoms with Gasteiger partial charge in [0, 0.05) is 35.1 Å². The standard InChI is InChI=1S/C14H17Cl2N3/c15-10-3-4-13-12(8-10)14(16,5-7-18-13)19-11-2-1-6-17-9-11/h3-5,7-8,11,17-19H,1-2,6,9H2. The average molecular weight is 298 g/mol. The van der Waals surface area contributed by atoms with Gasteiger partial charge in [0.25, 0.3) is 0 Å². The lowest BCUT2D eigenvalue weighted by atomic mass is 9.98. The second kappa shape index (κ2) is 5.33. The number of benzene rings is 1. The summed E-state index contributed by atoms with van der Waals surface area (Å²) in [6.07, 6.45) is 6.14. The van der Waals surface area contributed by atoms with Crippen LogP contribution in [0.5, 0.6) is 0 Å².